The summed E-state index contributed by atoms with van der Waals surface area (Å²) in [5.74, 6) is 0. The minimum atomic E-state index is 0.119. The van der Waals surface area contributed by atoms with Gasteiger partial charge in [0.15, 0.2) is 0 Å². The van der Waals surface area contributed by atoms with Crippen LogP contribution in [0.5, 0.6) is 0 Å². The summed E-state index contributed by atoms with van der Waals surface area (Å²) < 4.78 is 0. The fourth-order valence-electron chi connectivity index (χ4n) is 1.51. The van der Waals surface area contributed by atoms with Gasteiger partial charge in [-0.3, -0.25) is 0 Å². The average molecular weight is 191 g/mol. The molecule has 0 bridgehead atoms. The first kappa shape index (κ1) is 11.3. The molecule has 1 unspecified atom stereocenters. The zero-order chi connectivity index (χ0) is 10.8. The van der Waals surface area contributed by atoms with Crippen LogP contribution >= 0.6 is 0 Å². The van der Waals surface area contributed by atoms with Crippen molar-refractivity contribution in [3.8, 4) is 0 Å². The van der Waals surface area contributed by atoms with Crippen molar-refractivity contribution in [1.29, 1.82) is 0 Å². The highest BCUT2D eigenvalue weighted by atomic mass is 14.7. The van der Waals surface area contributed by atoms with E-state index in [4.69, 9.17) is 5.73 Å². The van der Waals surface area contributed by atoms with E-state index in [0.29, 0.717) is 0 Å². The average Bonchev–Trinajstić information content (AvgIpc) is 2.15. The Morgan fingerprint density at radius 3 is 2.43 bits per heavy atom. The molecule has 0 saturated heterocycles. The first-order valence-electron chi connectivity index (χ1n) is 5.29. The van der Waals surface area contributed by atoms with Crippen molar-refractivity contribution in [3.05, 3.63) is 35.4 Å². The lowest BCUT2D eigenvalue weighted by Gasteiger charge is -2.27. The van der Waals surface area contributed by atoms with E-state index in [1.807, 2.05) is 0 Å². The molecular formula is C13H21N. The van der Waals surface area contributed by atoms with Gasteiger partial charge in [0.1, 0.15) is 0 Å². The number of nitrogens with two attached hydrogens (primary N) is 1. The summed E-state index contributed by atoms with van der Waals surface area (Å²) in [5, 5.41) is 0. The molecule has 0 fully saturated rings. The van der Waals surface area contributed by atoms with E-state index in [-0.39, 0.29) is 11.5 Å². The molecule has 0 heterocycles. The minimum absolute atomic E-state index is 0.119. The largest absolute Gasteiger partial charge is 0.324 e. The van der Waals surface area contributed by atoms with Gasteiger partial charge >= 0.3 is 0 Å². The Morgan fingerprint density at radius 1 is 1.29 bits per heavy atom. The lowest BCUT2D eigenvalue weighted by Crippen LogP contribution is -2.26. The van der Waals surface area contributed by atoms with Crippen molar-refractivity contribution in [2.45, 2.75) is 40.2 Å². The Balaban J connectivity index is 2.95. The summed E-state index contributed by atoms with van der Waals surface area (Å²) in [7, 11) is 0. The van der Waals surface area contributed by atoms with Gasteiger partial charge in [0.2, 0.25) is 0 Å². The highest BCUT2D eigenvalue weighted by Gasteiger charge is 2.21. The Morgan fingerprint density at radius 2 is 1.93 bits per heavy atom. The summed E-state index contributed by atoms with van der Waals surface area (Å²) in [5.41, 5.74) is 8.94. The molecule has 2 N–H and O–H groups in total. The molecule has 1 aromatic carbocycles. The smallest absolute Gasteiger partial charge is 0.0344 e. The van der Waals surface area contributed by atoms with E-state index in [0.717, 1.165) is 6.42 Å². The first-order chi connectivity index (χ1) is 6.45. The van der Waals surface area contributed by atoms with Crippen LogP contribution in [0.25, 0.3) is 0 Å². The van der Waals surface area contributed by atoms with Crippen LogP contribution in [0.1, 0.15) is 44.9 Å². The molecule has 1 atom stereocenters. The van der Waals surface area contributed by atoms with Crippen LogP contribution in [0.3, 0.4) is 0 Å². The molecule has 0 aliphatic carbocycles. The fourth-order valence-corrected chi connectivity index (χ4v) is 1.51. The van der Waals surface area contributed by atoms with Gasteiger partial charge in [-0.1, -0.05) is 52.0 Å². The minimum Gasteiger partial charge on any atom is -0.324 e. The van der Waals surface area contributed by atoms with Gasteiger partial charge in [-0.25, -0.2) is 0 Å². The quantitative estimate of drug-likeness (QED) is 0.762. The molecule has 0 spiro atoms. The molecule has 0 saturated carbocycles. The molecule has 1 aromatic rings. The summed E-state index contributed by atoms with van der Waals surface area (Å²) >= 11 is 0. The number of rotatable bonds is 2. The second kappa shape index (κ2) is 4.14. The third-order valence-electron chi connectivity index (χ3n) is 2.65. The van der Waals surface area contributed by atoms with E-state index in [1.165, 1.54) is 11.1 Å². The third kappa shape index (κ3) is 2.58. The molecular weight excluding hydrogens is 170 g/mol. The van der Waals surface area contributed by atoms with Crippen LogP contribution in [0.2, 0.25) is 0 Å². The molecule has 1 heteroatoms. The van der Waals surface area contributed by atoms with Crippen LogP contribution in [0.15, 0.2) is 24.3 Å². The topological polar surface area (TPSA) is 26.0 Å². The molecule has 0 amide bonds. The van der Waals surface area contributed by atoms with Gasteiger partial charge in [-0.15, -0.1) is 0 Å². The summed E-state index contributed by atoms with van der Waals surface area (Å²) in [6, 6.07) is 8.71. The normalized spacial score (nSPS) is 14.1. The standard InChI is InChI=1S/C13H21N/c1-5-10-7-6-8-11(9-10)12(14)13(2,3)4/h6-9,12H,5,14H2,1-4H3. The predicted octanol–water partition coefficient (Wildman–Crippen LogP) is 3.29. The van der Waals surface area contributed by atoms with E-state index >= 15 is 0 Å². The zero-order valence-electron chi connectivity index (χ0n) is 9.67. The molecule has 0 aromatic heterocycles. The fraction of sp³-hybridized carbons (Fsp3) is 0.538. The second-order valence-corrected chi connectivity index (χ2v) is 4.94. The highest BCUT2D eigenvalue weighted by molar-refractivity contribution is 5.26. The van der Waals surface area contributed by atoms with Crippen molar-refractivity contribution in [1.82, 2.24) is 0 Å². The molecule has 14 heavy (non-hydrogen) atoms. The Labute approximate surface area is 87.3 Å². The van der Waals surface area contributed by atoms with Gasteiger partial charge in [0, 0.05) is 6.04 Å². The van der Waals surface area contributed by atoms with Crippen LogP contribution < -0.4 is 5.73 Å². The Kier molecular flexibility index (Phi) is 3.33. The molecule has 0 radical (unpaired) electrons. The van der Waals surface area contributed by atoms with Gasteiger partial charge < -0.3 is 5.73 Å². The van der Waals surface area contributed by atoms with Gasteiger partial charge in [-0.2, -0.15) is 0 Å². The molecule has 1 rings (SSSR count). The Hall–Kier alpha value is -0.820. The zero-order valence-corrected chi connectivity index (χ0v) is 9.67. The van der Waals surface area contributed by atoms with Crippen LogP contribution in [-0.2, 0) is 6.42 Å². The van der Waals surface area contributed by atoms with Crippen LogP contribution in [-0.4, -0.2) is 0 Å². The monoisotopic (exact) mass is 191 g/mol. The number of hydrogen-bond acceptors (Lipinski definition) is 1. The lowest BCUT2D eigenvalue weighted by atomic mass is 9.82. The van der Waals surface area contributed by atoms with Crippen molar-refractivity contribution in [3.63, 3.8) is 0 Å². The Bertz CT molecular complexity index is 296. The molecule has 0 aliphatic heterocycles. The maximum atomic E-state index is 6.20. The lowest BCUT2D eigenvalue weighted by molar-refractivity contribution is 0.327. The van der Waals surface area contributed by atoms with Gasteiger partial charge in [0.05, 0.1) is 0 Å². The van der Waals surface area contributed by atoms with E-state index < -0.39 is 0 Å². The maximum Gasteiger partial charge on any atom is 0.0344 e. The van der Waals surface area contributed by atoms with E-state index in [2.05, 4.69) is 52.0 Å². The third-order valence-corrected chi connectivity index (χ3v) is 2.65. The van der Waals surface area contributed by atoms with Gasteiger partial charge in [-0.05, 0) is 23.0 Å². The van der Waals surface area contributed by atoms with E-state index in [9.17, 15) is 0 Å². The highest BCUT2D eigenvalue weighted by Crippen LogP contribution is 2.30. The van der Waals surface area contributed by atoms with Crippen LogP contribution in [0, 0.1) is 5.41 Å². The molecule has 0 aliphatic rings. The van der Waals surface area contributed by atoms with Crippen LogP contribution in [0.4, 0.5) is 0 Å². The van der Waals surface area contributed by atoms with Gasteiger partial charge in [0.25, 0.3) is 0 Å². The number of hydrogen-bond donors (Lipinski definition) is 1. The van der Waals surface area contributed by atoms with Crippen molar-refractivity contribution in [2.24, 2.45) is 11.1 Å². The second-order valence-electron chi connectivity index (χ2n) is 4.94. The van der Waals surface area contributed by atoms with E-state index in [1.54, 1.807) is 0 Å². The van der Waals surface area contributed by atoms with Crippen molar-refractivity contribution < 1.29 is 0 Å². The predicted molar refractivity (Wildman–Crippen MR) is 62.2 cm³/mol. The molecule has 78 valence electrons. The SMILES string of the molecule is CCc1cccc(C(N)C(C)(C)C)c1. The van der Waals surface area contributed by atoms with Crippen molar-refractivity contribution in [2.75, 3.05) is 0 Å². The summed E-state index contributed by atoms with van der Waals surface area (Å²) in [6.07, 6.45) is 1.07. The maximum absolute atomic E-state index is 6.20. The number of aryl methyl sites for hydroxylation is 1. The number of benzene rings is 1. The summed E-state index contributed by atoms with van der Waals surface area (Å²) in [4.78, 5) is 0. The summed E-state index contributed by atoms with van der Waals surface area (Å²) in [6.45, 7) is 8.70. The first-order valence-corrected chi connectivity index (χ1v) is 5.29. The molecule has 1 nitrogen and oxygen atoms in total. The van der Waals surface area contributed by atoms with Crippen molar-refractivity contribution >= 4 is 0 Å².